The monoisotopic (exact) mass is 389 g/mol. The third-order valence-corrected chi connectivity index (χ3v) is 4.32. The number of nitrogens with one attached hydrogen (secondary N) is 1. The summed E-state index contributed by atoms with van der Waals surface area (Å²) in [7, 11) is 0. The highest BCUT2D eigenvalue weighted by atomic mass is 16.5. The topological polar surface area (TPSA) is 64.6 Å². The van der Waals surface area contributed by atoms with Crippen molar-refractivity contribution >= 4 is 11.7 Å². The van der Waals surface area contributed by atoms with E-state index < -0.39 is 6.10 Å². The normalized spacial score (nSPS) is 11.4. The fourth-order valence-corrected chi connectivity index (χ4v) is 2.74. The third kappa shape index (κ3) is 5.69. The van der Waals surface area contributed by atoms with Crippen LogP contribution in [0, 0.1) is 0 Å². The van der Waals surface area contributed by atoms with E-state index in [1.165, 1.54) is 6.92 Å². The second kappa shape index (κ2) is 9.55. The van der Waals surface area contributed by atoms with Gasteiger partial charge in [-0.3, -0.25) is 9.59 Å². The maximum atomic E-state index is 12.5. The minimum atomic E-state index is -0.709. The van der Waals surface area contributed by atoms with Crippen molar-refractivity contribution in [1.82, 2.24) is 5.32 Å². The molecule has 0 radical (unpaired) electrons. The lowest BCUT2D eigenvalue weighted by Gasteiger charge is -2.16. The number of Topliss-reactive ketones (excluding diaryl/α,β-unsaturated/α-hetero) is 1. The molecule has 0 aliphatic heterocycles. The van der Waals surface area contributed by atoms with Crippen LogP contribution in [0.1, 0.15) is 29.8 Å². The van der Waals surface area contributed by atoms with Crippen molar-refractivity contribution in [3.8, 4) is 17.2 Å². The molecule has 0 aliphatic carbocycles. The highest BCUT2D eigenvalue weighted by Crippen LogP contribution is 2.25. The van der Waals surface area contributed by atoms with Gasteiger partial charge < -0.3 is 14.8 Å². The summed E-state index contributed by atoms with van der Waals surface area (Å²) in [5, 5.41) is 2.87. The molecule has 1 amide bonds. The van der Waals surface area contributed by atoms with Crippen LogP contribution in [-0.2, 0) is 11.3 Å². The number of ketones is 1. The number of rotatable bonds is 8. The van der Waals surface area contributed by atoms with Gasteiger partial charge in [-0.05, 0) is 44.2 Å². The Balaban J connectivity index is 1.60. The zero-order valence-electron chi connectivity index (χ0n) is 16.4. The van der Waals surface area contributed by atoms with Gasteiger partial charge in [-0.2, -0.15) is 0 Å². The summed E-state index contributed by atoms with van der Waals surface area (Å²) >= 11 is 0. The molecule has 0 unspecified atom stereocenters. The molecule has 1 N–H and O–H groups in total. The van der Waals surface area contributed by atoms with E-state index in [1.807, 2.05) is 54.6 Å². The van der Waals surface area contributed by atoms with E-state index >= 15 is 0 Å². The zero-order chi connectivity index (χ0) is 20.6. The maximum Gasteiger partial charge on any atom is 0.261 e. The molecular formula is C24H23NO4. The molecule has 0 saturated heterocycles. The first-order valence-electron chi connectivity index (χ1n) is 9.39. The van der Waals surface area contributed by atoms with E-state index in [-0.39, 0.29) is 11.7 Å². The summed E-state index contributed by atoms with van der Waals surface area (Å²) in [6, 6.07) is 23.8. The molecule has 5 nitrogen and oxygen atoms in total. The summed E-state index contributed by atoms with van der Waals surface area (Å²) in [6.07, 6.45) is -0.709. The number of hydrogen-bond donors (Lipinski definition) is 1. The molecule has 0 fully saturated rings. The van der Waals surface area contributed by atoms with E-state index in [4.69, 9.17) is 9.47 Å². The van der Waals surface area contributed by atoms with Crippen molar-refractivity contribution in [2.45, 2.75) is 26.5 Å². The van der Waals surface area contributed by atoms with Gasteiger partial charge in [0.05, 0.1) is 0 Å². The van der Waals surface area contributed by atoms with Crippen LogP contribution in [0.2, 0.25) is 0 Å². The van der Waals surface area contributed by atoms with Gasteiger partial charge in [0.1, 0.15) is 17.2 Å². The molecule has 148 valence electrons. The molecule has 1 atom stereocenters. The Labute approximate surface area is 170 Å². The highest BCUT2D eigenvalue weighted by molar-refractivity contribution is 5.94. The van der Waals surface area contributed by atoms with Gasteiger partial charge in [-0.25, -0.2) is 0 Å². The summed E-state index contributed by atoms with van der Waals surface area (Å²) in [5.74, 6) is 1.58. The lowest BCUT2D eigenvalue weighted by Crippen LogP contribution is -2.36. The van der Waals surface area contributed by atoms with Gasteiger partial charge in [-0.15, -0.1) is 0 Å². The van der Waals surface area contributed by atoms with Crippen molar-refractivity contribution in [1.29, 1.82) is 0 Å². The van der Waals surface area contributed by atoms with Crippen LogP contribution in [-0.4, -0.2) is 17.8 Å². The average molecular weight is 389 g/mol. The summed E-state index contributed by atoms with van der Waals surface area (Å²) in [6.45, 7) is 3.47. The standard InChI is InChI=1S/C24H23NO4/c1-17(26)19-10-8-13-22(15-19)28-18(2)24(27)25-16-20-9-6-7-14-23(20)29-21-11-4-3-5-12-21/h3-15,18H,16H2,1-2H3,(H,25,27)/t18-/m0/s1. The fourth-order valence-electron chi connectivity index (χ4n) is 2.74. The second-order valence-corrected chi connectivity index (χ2v) is 6.58. The molecule has 0 bridgehead atoms. The smallest absolute Gasteiger partial charge is 0.261 e. The van der Waals surface area contributed by atoms with E-state index in [2.05, 4.69) is 5.32 Å². The second-order valence-electron chi connectivity index (χ2n) is 6.58. The van der Waals surface area contributed by atoms with Gasteiger partial charge >= 0.3 is 0 Å². The Morgan fingerprint density at radius 2 is 1.59 bits per heavy atom. The van der Waals surface area contributed by atoms with Crippen LogP contribution < -0.4 is 14.8 Å². The van der Waals surface area contributed by atoms with Gasteiger partial charge in [0.25, 0.3) is 5.91 Å². The number of hydrogen-bond acceptors (Lipinski definition) is 4. The first kappa shape index (κ1) is 20.1. The number of benzene rings is 3. The number of ether oxygens (including phenoxy) is 2. The number of amides is 1. The van der Waals surface area contributed by atoms with Crippen LogP contribution in [0.25, 0.3) is 0 Å². The van der Waals surface area contributed by atoms with E-state index in [1.54, 1.807) is 31.2 Å². The largest absolute Gasteiger partial charge is 0.481 e. The lowest BCUT2D eigenvalue weighted by atomic mass is 10.1. The molecule has 29 heavy (non-hydrogen) atoms. The van der Waals surface area contributed by atoms with Gasteiger partial charge in [0.2, 0.25) is 0 Å². The predicted molar refractivity (Wildman–Crippen MR) is 111 cm³/mol. The predicted octanol–water partition coefficient (Wildman–Crippen LogP) is 4.77. The minimum Gasteiger partial charge on any atom is -0.481 e. The van der Waals surface area contributed by atoms with Crippen LogP contribution in [0.5, 0.6) is 17.2 Å². The summed E-state index contributed by atoms with van der Waals surface area (Å²) < 4.78 is 11.6. The van der Waals surface area contributed by atoms with Gasteiger partial charge in [-0.1, -0.05) is 48.5 Å². The van der Waals surface area contributed by atoms with E-state index in [0.717, 1.165) is 11.3 Å². The molecule has 0 aromatic heterocycles. The lowest BCUT2D eigenvalue weighted by molar-refractivity contribution is -0.127. The van der Waals surface area contributed by atoms with Crippen molar-refractivity contribution in [2.24, 2.45) is 0 Å². The van der Waals surface area contributed by atoms with Crippen LogP contribution in [0.15, 0.2) is 78.9 Å². The van der Waals surface area contributed by atoms with Crippen molar-refractivity contribution in [3.05, 3.63) is 90.0 Å². The quantitative estimate of drug-likeness (QED) is 0.564. The fraction of sp³-hybridized carbons (Fsp3) is 0.167. The minimum absolute atomic E-state index is 0.0532. The van der Waals surface area contributed by atoms with Crippen molar-refractivity contribution < 1.29 is 19.1 Å². The number of para-hydroxylation sites is 2. The third-order valence-electron chi connectivity index (χ3n) is 4.32. The van der Waals surface area contributed by atoms with Gasteiger partial charge in [0, 0.05) is 17.7 Å². The zero-order valence-corrected chi connectivity index (χ0v) is 16.4. The van der Waals surface area contributed by atoms with Crippen molar-refractivity contribution in [2.75, 3.05) is 0 Å². The number of carbonyl (C=O) groups excluding carboxylic acids is 2. The van der Waals surface area contributed by atoms with Crippen LogP contribution in [0.3, 0.4) is 0 Å². The molecule has 0 aliphatic rings. The van der Waals surface area contributed by atoms with E-state index in [9.17, 15) is 9.59 Å². The summed E-state index contributed by atoms with van der Waals surface area (Å²) in [4.78, 5) is 24.0. The molecular weight excluding hydrogens is 366 g/mol. The average Bonchev–Trinajstić information content (AvgIpc) is 2.73. The SMILES string of the molecule is CC(=O)c1cccc(O[C@@H](C)C(=O)NCc2ccccc2Oc2ccccc2)c1. The molecule has 3 aromatic carbocycles. The van der Waals surface area contributed by atoms with E-state index in [0.29, 0.717) is 23.6 Å². The van der Waals surface area contributed by atoms with Gasteiger partial charge in [0.15, 0.2) is 11.9 Å². The Kier molecular flexibility index (Phi) is 6.63. The maximum absolute atomic E-state index is 12.5. The molecule has 0 spiro atoms. The number of carbonyl (C=O) groups is 2. The molecule has 3 aromatic rings. The Hall–Kier alpha value is -3.60. The highest BCUT2D eigenvalue weighted by Gasteiger charge is 2.16. The summed E-state index contributed by atoms with van der Waals surface area (Å²) in [5.41, 5.74) is 1.40. The molecule has 3 rings (SSSR count). The van der Waals surface area contributed by atoms with Crippen LogP contribution in [0.4, 0.5) is 0 Å². The molecule has 5 heteroatoms. The Morgan fingerprint density at radius 3 is 2.34 bits per heavy atom. The van der Waals surface area contributed by atoms with Crippen molar-refractivity contribution in [3.63, 3.8) is 0 Å². The molecule has 0 saturated carbocycles. The first-order chi connectivity index (χ1) is 14.0. The first-order valence-corrected chi connectivity index (χ1v) is 9.39. The van der Waals surface area contributed by atoms with Crippen LogP contribution >= 0.6 is 0 Å². The Bertz CT molecular complexity index is 985. The Morgan fingerprint density at radius 1 is 0.897 bits per heavy atom. The molecule has 0 heterocycles.